The molecule has 0 aromatic heterocycles. The molecule has 1 N–H and O–H groups in total. The number of sulfonamides is 1. The van der Waals surface area contributed by atoms with Gasteiger partial charge in [0.05, 0.1) is 16.3 Å². The van der Waals surface area contributed by atoms with Crippen LogP contribution in [0.5, 0.6) is 5.75 Å². The Labute approximate surface area is 190 Å². The van der Waals surface area contributed by atoms with Gasteiger partial charge in [-0.3, -0.25) is 9.59 Å². The Kier molecular flexibility index (Phi) is 8.80. The van der Waals surface area contributed by atoms with Crippen molar-refractivity contribution >= 4 is 33.1 Å². The van der Waals surface area contributed by atoms with Gasteiger partial charge in [-0.15, -0.1) is 0 Å². The van der Waals surface area contributed by atoms with Crippen molar-refractivity contribution < 1.29 is 22.7 Å². The number of hydrogen-bond donors (Lipinski definition) is 1. The van der Waals surface area contributed by atoms with Crippen LogP contribution in [0.1, 0.15) is 37.6 Å². The minimum Gasteiger partial charge on any atom is -0.484 e. The van der Waals surface area contributed by atoms with E-state index < -0.39 is 15.9 Å². The Hall–Kier alpha value is -2.91. The van der Waals surface area contributed by atoms with E-state index >= 15 is 0 Å². The summed E-state index contributed by atoms with van der Waals surface area (Å²) >= 11 is 0. The van der Waals surface area contributed by atoms with E-state index in [9.17, 15) is 18.0 Å². The van der Waals surface area contributed by atoms with Crippen molar-refractivity contribution in [3.63, 3.8) is 0 Å². The van der Waals surface area contributed by atoms with Gasteiger partial charge in [0.25, 0.3) is 5.91 Å². The summed E-state index contributed by atoms with van der Waals surface area (Å²) in [4.78, 5) is 26.1. The quantitative estimate of drug-likeness (QED) is 0.515. The lowest BCUT2D eigenvalue weighted by molar-refractivity contribution is -0.118. The Balaban J connectivity index is 2.17. The molecule has 9 heteroatoms. The number of benzene rings is 2. The molecule has 2 aromatic rings. The van der Waals surface area contributed by atoms with Gasteiger partial charge in [-0.1, -0.05) is 20.8 Å². The Bertz CT molecular complexity index is 1050. The highest BCUT2D eigenvalue weighted by atomic mass is 32.2. The minimum absolute atomic E-state index is 0.0325. The van der Waals surface area contributed by atoms with Gasteiger partial charge in [0.1, 0.15) is 5.75 Å². The zero-order valence-corrected chi connectivity index (χ0v) is 20.0. The summed E-state index contributed by atoms with van der Waals surface area (Å²) in [5, 5.41) is 2.75. The first-order chi connectivity index (χ1) is 15.1. The predicted octanol–water partition coefficient (Wildman–Crippen LogP) is 3.39. The number of rotatable bonds is 11. The van der Waals surface area contributed by atoms with Crippen molar-refractivity contribution in [2.45, 2.75) is 32.1 Å². The van der Waals surface area contributed by atoms with E-state index in [4.69, 9.17) is 4.74 Å². The summed E-state index contributed by atoms with van der Waals surface area (Å²) in [5.41, 5.74) is 1.63. The molecule has 8 nitrogen and oxygen atoms in total. The molecule has 2 aromatic carbocycles. The number of nitrogens with one attached hydrogen (secondary N) is 1. The SMILES string of the molecule is CCC(=O)c1ccc(OCC(=O)Nc2cc(S(=O)(=O)N(CC)CC)ccc2N(C)C)cc1. The zero-order valence-electron chi connectivity index (χ0n) is 19.2. The summed E-state index contributed by atoms with van der Waals surface area (Å²) in [7, 11) is -0.0564. The van der Waals surface area contributed by atoms with Gasteiger partial charge in [-0.2, -0.15) is 4.31 Å². The Morgan fingerprint density at radius 1 is 0.969 bits per heavy atom. The lowest BCUT2D eigenvalue weighted by atomic mass is 10.1. The minimum atomic E-state index is -3.67. The van der Waals surface area contributed by atoms with E-state index in [0.29, 0.717) is 42.2 Å². The molecule has 0 heterocycles. The van der Waals surface area contributed by atoms with Gasteiger partial charge in [0.15, 0.2) is 12.4 Å². The third-order valence-electron chi connectivity index (χ3n) is 4.93. The van der Waals surface area contributed by atoms with Crippen molar-refractivity contribution in [1.29, 1.82) is 0 Å². The average Bonchev–Trinajstić information content (AvgIpc) is 2.78. The van der Waals surface area contributed by atoms with Crippen LogP contribution in [0.4, 0.5) is 11.4 Å². The second-order valence-corrected chi connectivity index (χ2v) is 9.24. The number of carbonyl (C=O) groups is 2. The zero-order chi connectivity index (χ0) is 23.9. The van der Waals surface area contributed by atoms with Gasteiger partial charge in [0.2, 0.25) is 10.0 Å². The fourth-order valence-electron chi connectivity index (χ4n) is 3.15. The molecule has 0 aliphatic carbocycles. The molecule has 0 radical (unpaired) electrons. The summed E-state index contributed by atoms with van der Waals surface area (Å²) in [6, 6.07) is 11.3. The molecule has 0 fully saturated rings. The van der Waals surface area contributed by atoms with Gasteiger partial charge in [-0.05, 0) is 42.5 Å². The number of carbonyl (C=O) groups excluding carboxylic acids is 2. The van der Waals surface area contributed by atoms with Crippen LogP contribution in [0.2, 0.25) is 0 Å². The summed E-state index contributed by atoms with van der Waals surface area (Å²) in [6.45, 7) is 5.79. The number of Topliss-reactive ketones (excluding diaryl/α,β-unsaturated/α-hetero) is 1. The van der Waals surface area contributed by atoms with E-state index in [1.165, 1.54) is 16.4 Å². The number of ketones is 1. The van der Waals surface area contributed by atoms with Crippen LogP contribution in [0.15, 0.2) is 47.4 Å². The highest BCUT2D eigenvalue weighted by Crippen LogP contribution is 2.29. The maximum atomic E-state index is 12.9. The standard InChI is InChI=1S/C23H31N3O5S/c1-6-22(27)17-9-11-18(12-10-17)31-16-23(28)24-20-15-19(13-14-21(20)25(4)5)32(29,30)26(7-2)8-3/h9-15H,6-8,16H2,1-5H3,(H,24,28). The smallest absolute Gasteiger partial charge is 0.262 e. The molecule has 1 amide bonds. The molecule has 0 bridgehead atoms. The van der Waals surface area contributed by atoms with Gasteiger partial charge in [-0.25, -0.2) is 8.42 Å². The van der Waals surface area contributed by atoms with E-state index in [1.54, 1.807) is 70.1 Å². The van der Waals surface area contributed by atoms with E-state index in [2.05, 4.69) is 5.32 Å². The summed E-state index contributed by atoms with van der Waals surface area (Å²) < 4.78 is 32.6. The van der Waals surface area contributed by atoms with Gasteiger partial charge >= 0.3 is 0 Å². The van der Waals surface area contributed by atoms with Crippen LogP contribution >= 0.6 is 0 Å². The van der Waals surface area contributed by atoms with E-state index in [-0.39, 0.29) is 17.3 Å². The van der Waals surface area contributed by atoms with Crippen LogP contribution in [0.25, 0.3) is 0 Å². The molecule has 0 saturated carbocycles. The van der Waals surface area contributed by atoms with Crippen molar-refractivity contribution in [3.05, 3.63) is 48.0 Å². The largest absolute Gasteiger partial charge is 0.484 e. The molecule has 0 aliphatic rings. The maximum absolute atomic E-state index is 12.9. The second kappa shape index (κ2) is 11.1. The monoisotopic (exact) mass is 461 g/mol. The predicted molar refractivity (Wildman–Crippen MR) is 126 cm³/mol. The summed E-state index contributed by atoms with van der Waals surface area (Å²) in [6.07, 6.45) is 0.417. The second-order valence-electron chi connectivity index (χ2n) is 7.30. The molecule has 0 saturated heterocycles. The Morgan fingerprint density at radius 3 is 2.12 bits per heavy atom. The van der Waals surface area contributed by atoms with E-state index in [1.807, 2.05) is 0 Å². The van der Waals surface area contributed by atoms with Crippen LogP contribution < -0.4 is 15.0 Å². The first-order valence-electron chi connectivity index (χ1n) is 10.5. The number of amides is 1. The topological polar surface area (TPSA) is 96.0 Å². The molecule has 174 valence electrons. The normalized spacial score (nSPS) is 11.3. The number of nitrogens with zero attached hydrogens (tertiary/aromatic N) is 2. The third kappa shape index (κ3) is 6.08. The molecular weight excluding hydrogens is 430 g/mol. The maximum Gasteiger partial charge on any atom is 0.262 e. The third-order valence-corrected chi connectivity index (χ3v) is 6.98. The fraction of sp³-hybridized carbons (Fsp3) is 0.391. The molecule has 2 rings (SSSR count). The van der Waals surface area contributed by atoms with Crippen LogP contribution in [0, 0.1) is 0 Å². The van der Waals surface area contributed by atoms with Crippen LogP contribution in [-0.4, -0.2) is 58.2 Å². The number of ether oxygens (including phenoxy) is 1. The molecule has 0 unspecified atom stereocenters. The molecule has 0 atom stereocenters. The van der Waals surface area contributed by atoms with Crippen molar-refractivity contribution in [2.24, 2.45) is 0 Å². The highest BCUT2D eigenvalue weighted by molar-refractivity contribution is 7.89. The molecule has 32 heavy (non-hydrogen) atoms. The van der Waals surface area contributed by atoms with Crippen molar-refractivity contribution in [2.75, 3.05) is 44.0 Å². The number of hydrogen-bond acceptors (Lipinski definition) is 6. The van der Waals surface area contributed by atoms with Gasteiger partial charge < -0.3 is 15.0 Å². The average molecular weight is 462 g/mol. The summed E-state index contributed by atoms with van der Waals surface area (Å²) in [5.74, 6) is 0.0581. The van der Waals surface area contributed by atoms with E-state index in [0.717, 1.165) is 0 Å². The fourth-order valence-corrected chi connectivity index (χ4v) is 4.64. The molecule has 0 aliphatic heterocycles. The molecule has 0 spiro atoms. The first-order valence-corrected chi connectivity index (χ1v) is 11.9. The first kappa shape index (κ1) is 25.4. The van der Waals surface area contributed by atoms with Crippen LogP contribution in [-0.2, 0) is 14.8 Å². The number of anilines is 2. The van der Waals surface area contributed by atoms with Crippen LogP contribution in [0.3, 0.4) is 0 Å². The lowest BCUT2D eigenvalue weighted by Crippen LogP contribution is -2.31. The van der Waals surface area contributed by atoms with Gasteiger partial charge in [0, 0.05) is 39.2 Å². The Morgan fingerprint density at radius 2 is 1.59 bits per heavy atom. The van der Waals surface area contributed by atoms with Crippen molar-refractivity contribution in [1.82, 2.24) is 4.31 Å². The highest BCUT2D eigenvalue weighted by Gasteiger charge is 2.23. The lowest BCUT2D eigenvalue weighted by Gasteiger charge is -2.22. The van der Waals surface area contributed by atoms with Crippen molar-refractivity contribution in [3.8, 4) is 5.75 Å². The molecular formula is C23H31N3O5S.